The summed E-state index contributed by atoms with van der Waals surface area (Å²) in [6, 6.07) is -0.379. The third-order valence-corrected chi connectivity index (χ3v) is 2.26. The standard InChI is InChI=1S/C9H16N2O5/c1-6-5-11(2-3-16-6)9(15)10-4-7(12)8(13)14/h6-7,12H,2-5H2,1H3,(H,10,15)(H,13,14). The summed E-state index contributed by atoms with van der Waals surface area (Å²) < 4.78 is 5.26. The van der Waals surface area contributed by atoms with Crippen molar-refractivity contribution >= 4 is 12.0 Å². The first-order valence-electron chi connectivity index (χ1n) is 5.06. The Morgan fingerprint density at radius 1 is 1.62 bits per heavy atom. The summed E-state index contributed by atoms with van der Waals surface area (Å²) >= 11 is 0. The van der Waals surface area contributed by atoms with Crippen LogP contribution >= 0.6 is 0 Å². The predicted molar refractivity (Wildman–Crippen MR) is 54.0 cm³/mol. The van der Waals surface area contributed by atoms with Gasteiger partial charge in [-0.05, 0) is 6.92 Å². The fraction of sp³-hybridized carbons (Fsp3) is 0.778. The van der Waals surface area contributed by atoms with Gasteiger partial charge in [-0.3, -0.25) is 0 Å². The second-order valence-electron chi connectivity index (χ2n) is 3.67. The molecule has 92 valence electrons. The second kappa shape index (κ2) is 5.66. The molecule has 1 rings (SSSR count). The third kappa shape index (κ3) is 3.67. The fourth-order valence-electron chi connectivity index (χ4n) is 1.39. The number of urea groups is 1. The molecular formula is C9H16N2O5. The quantitative estimate of drug-likeness (QED) is 0.571. The number of carbonyl (C=O) groups is 2. The molecule has 0 bridgehead atoms. The Kier molecular flexibility index (Phi) is 4.51. The highest BCUT2D eigenvalue weighted by Crippen LogP contribution is 2.03. The molecule has 0 spiro atoms. The minimum atomic E-state index is -1.57. The number of hydrogen-bond donors (Lipinski definition) is 3. The van der Waals surface area contributed by atoms with E-state index in [-0.39, 0.29) is 18.7 Å². The van der Waals surface area contributed by atoms with Gasteiger partial charge in [0.25, 0.3) is 0 Å². The first-order chi connectivity index (χ1) is 7.50. The lowest BCUT2D eigenvalue weighted by Crippen LogP contribution is -2.50. The van der Waals surface area contributed by atoms with Crippen LogP contribution in [0.5, 0.6) is 0 Å². The molecule has 1 heterocycles. The minimum absolute atomic E-state index is 0.0242. The summed E-state index contributed by atoms with van der Waals surface area (Å²) in [5.74, 6) is -1.35. The lowest BCUT2D eigenvalue weighted by Gasteiger charge is -2.31. The number of hydrogen-bond acceptors (Lipinski definition) is 4. The van der Waals surface area contributed by atoms with E-state index in [2.05, 4.69) is 5.32 Å². The van der Waals surface area contributed by atoms with Gasteiger partial charge in [0.05, 0.1) is 19.3 Å². The van der Waals surface area contributed by atoms with E-state index in [4.69, 9.17) is 14.9 Å². The molecule has 2 unspecified atom stereocenters. The monoisotopic (exact) mass is 232 g/mol. The van der Waals surface area contributed by atoms with Gasteiger partial charge in [-0.25, -0.2) is 9.59 Å². The summed E-state index contributed by atoms with van der Waals surface area (Å²) in [7, 11) is 0. The molecule has 16 heavy (non-hydrogen) atoms. The van der Waals surface area contributed by atoms with Crippen LogP contribution < -0.4 is 5.32 Å². The van der Waals surface area contributed by atoms with Gasteiger partial charge in [-0.15, -0.1) is 0 Å². The van der Waals surface area contributed by atoms with E-state index in [0.29, 0.717) is 19.7 Å². The van der Waals surface area contributed by atoms with Gasteiger partial charge >= 0.3 is 12.0 Å². The average molecular weight is 232 g/mol. The van der Waals surface area contributed by atoms with Gasteiger partial charge < -0.3 is 25.2 Å². The van der Waals surface area contributed by atoms with Crippen molar-refractivity contribution in [3.63, 3.8) is 0 Å². The molecule has 0 aromatic heterocycles. The maximum atomic E-state index is 11.5. The van der Waals surface area contributed by atoms with Gasteiger partial charge in [0.2, 0.25) is 0 Å². The van der Waals surface area contributed by atoms with E-state index in [0.717, 1.165) is 0 Å². The summed E-state index contributed by atoms with van der Waals surface area (Å²) in [5, 5.41) is 19.7. The fourth-order valence-corrected chi connectivity index (χ4v) is 1.39. The maximum absolute atomic E-state index is 11.5. The zero-order chi connectivity index (χ0) is 12.1. The molecule has 0 radical (unpaired) electrons. The van der Waals surface area contributed by atoms with Crippen molar-refractivity contribution in [2.24, 2.45) is 0 Å². The largest absolute Gasteiger partial charge is 0.479 e. The lowest BCUT2D eigenvalue weighted by atomic mass is 10.3. The number of nitrogens with one attached hydrogen (secondary N) is 1. The Balaban J connectivity index is 2.31. The number of carbonyl (C=O) groups excluding carboxylic acids is 1. The van der Waals surface area contributed by atoms with Crippen molar-refractivity contribution in [2.45, 2.75) is 19.1 Å². The van der Waals surface area contributed by atoms with Gasteiger partial charge in [-0.1, -0.05) is 0 Å². The molecule has 3 N–H and O–H groups in total. The van der Waals surface area contributed by atoms with Crippen LogP contribution in [0.3, 0.4) is 0 Å². The number of aliphatic carboxylic acids is 1. The second-order valence-corrected chi connectivity index (χ2v) is 3.67. The van der Waals surface area contributed by atoms with Crippen LogP contribution in [0.4, 0.5) is 4.79 Å². The van der Waals surface area contributed by atoms with Gasteiger partial charge in [0.1, 0.15) is 0 Å². The zero-order valence-electron chi connectivity index (χ0n) is 9.05. The molecule has 2 atom stereocenters. The maximum Gasteiger partial charge on any atom is 0.334 e. The third-order valence-electron chi connectivity index (χ3n) is 2.26. The molecule has 0 aromatic rings. The molecule has 2 amide bonds. The summed E-state index contributed by atoms with van der Waals surface area (Å²) in [5.41, 5.74) is 0. The molecule has 0 saturated carbocycles. The van der Waals surface area contributed by atoms with E-state index in [9.17, 15) is 9.59 Å². The number of amides is 2. The smallest absolute Gasteiger partial charge is 0.334 e. The van der Waals surface area contributed by atoms with Crippen LogP contribution in [0.15, 0.2) is 0 Å². The van der Waals surface area contributed by atoms with Gasteiger partial charge in [0.15, 0.2) is 6.10 Å². The molecule has 1 saturated heterocycles. The first-order valence-corrected chi connectivity index (χ1v) is 5.06. The van der Waals surface area contributed by atoms with Crippen molar-refractivity contribution in [1.82, 2.24) is 10.2 Å². The summed E-state index contributed by atoms with van der Waals surface area (Å²) in [4.78, 5) is 23.4. The number of aliphatic hydroxyl groups is 1. The topological polar surface area (TPSA) is 99.1 Å². The van der Waals surface area contributed by atoms with Crippen molar-refractivity contribution in [3.05, 3.63) is 0 Å². The molecule has 7 heteroatoms. The van der Waals surface area contributed by atoms with Crippen LogP contribution in [-0.2, 0) is 9.53 Å². The minimum Gasteiger partial charge on any atom is -0.479 e. The Labute approximate surface area is 93.0 Å². The van der Waals surface area contributed by atoms with Crippen LogP contribution in [0.2, 0.25) is 0 Å². The zero-order valence-corrected chi connectivity index (χ0v) is 9.05. The molecule has 1 aliphatic rings. The normalized spacial score (nSPS) is 22.6. The van der Waals surface area contributed by atoms with Crippen molar-refractivity contribution in [3.8, 4) is 0 Å². The molecule has 0 aromatic carbocycles. The van der Waals surface area contributed by atoms with E-state index in [1.165, 1.54) is 4.90 Å². The van der Waals surface area contributed by atoms with E-state index in [1.807, 2.05) is 6.92 Å². The van der Waals surface area contributed by atoms with Crippen LogP contribution in [-0.4, -0.2) is 65.6 Å². The van der Waals surface area contributed by atoms with Crippen molar-refractivity contribution in [1.29, 1.82) is 0 Å². The van der Waals surface area contributed by atoms with E-state index < -0.39 is 12.1 Å². The van der Waals surface area contributed by atoms with Gasteiger partial charge in [0, 0.05) is 13.1 Å². The SMILES string of the molecule is CC1CN(C(=O)NCC(O)C(=O)O)CCO1. The Bertz CT molecular complexity index is 271. The summed E-state index contributed by atoms with van der Waals surface area (Å²) in [6.07, 6.45) is -1.59. The molecular weight excluding hydrogens is 216 g/mol. The predicted octanol–water partition coefficient (Wildman–Crippen LogP) is -1.14. The van der Waals surface area contributed by atoms with Gasteiger partial charge in [-0.2, -0.15) is 0 Å². The highest BCUT2D eigenvalue weighted by Gasteiger charge is 2.22. The number of carboxylic acid groups (broad SMARTS) is 1. The van der Waals surface area contributed by atoms with E-state index in [1.54, 1.807) is 0 Å². The van der Waals surface area contributed by atoms with Crippen LogP contribution in [0.1, 0.15) is 6.92 Å². The molecule has 1 aliphatic heterocycles. The average Bonchev–Trinajstić information content (AvgIpc) is 2.25. The molecule has 0 aliphatic carbocycles. The van der Waals surface area contributed by atoms with Crippen molar-refractivity contribution < 1.29 is 24.5 Å². The van der Waals surface area contributed by atoms with E-state index >= 15 is 0 Å². The van der Waals surface area contributed by atoms with Crippen LogP contribution in [0.25, 0.3) is 0 Å². The lowest BCUT2D eigenvalue weighted by molar-refractivity contribution is -0.146. The highest BCUT2D eigenvalue weighted by molar-refractivity contribution is 5.76. The highest BCUT2D eigenvalue weighted by atomic mass is 16.5. The molecule has 7 nitrogen and oxygen atoms in total. The number of nitrogens with zero attached hydrogens (tertiary/aromatic N) is 1. The molecule has 1 fully saturated rings. The number of morpholine rings is 1. The number of carboxylic acids is 1. The number of aliphatic hydroxyl groups excluding tert-OH is 1. The summed E-state index contributed by atoms with van der Waals surface area (Å²) in [6.45, 7) is 2.97. The number of rotatable bonds is 3. The first kappa shape index (κ1) is 12.7. The van der Waals surface area contributed by atoms with Crippen LogP contribution in [0, 0.1) is 0 Å². The Morgan fingerprint density at radius 2 is 2.31 bits per heavy atom. The Hall–Kier alpha value is -1.34. The van der Waals surface area contributed by atoms with Crippen molar-refractivity contribution in [2.75, 3.05) is 26.2 Å². The Morgan fingerprint density at radius 3 is 2.88 bits per heavy atom. The number of ether oxygens (including phenoxy) is 1.